The second-order valence-electron chi connectivity index (χ2n) is 4.07. The number of nitrogen functional groups attached to an aromatic ring is 1. The van der Waals surface area contributed by atoms with Crippen LogP contribution in [0.3, 0.4) is 0 Å². The molecule has 0 fully saturated rings. The zero-order valence-electron chi connectivity index (χ0n) is 10.4. The summed E-state index contributed by atoms with van der Waals surface area (Å²) < 4.78 is 44.8. The van der Waals surface area contributed by atoms with Crippen LogP contribution in [-0.2, 0) is 16.6 Å². The average Bonchev–Trinajstić information content (AvgIpc) is 2.77. The summed E-state index contributed by atoms with van der Waals surface area (Å²) in [6, 6.07) is 3.69. The lowest BCUT2D eigenvalue weighted by Crippen LogP contribution is -2.24. The number of benzene rings is 1. The lowest BCUT2D eigenvalue weighted by Gasteiger charge is -2.08. The summed E-state index contributed by atoms with van der Waals surface area (Å²) in [5.74, 6) is -0.747. The van der Waals surface area contributed by atoms with Gasteiger partial charge < -0.3 is 10.3 Å². The molecule has 0 aliphatic carbocycles. The highest BCUT2D eigenvalue weighted by molar-refractivity contribution is 7.89. The van der Waals surface area contributed by atoms with Crippen LogP contribution in [0.4, 0.5) is 10.1 Å². The second kappa shape index (κ2) is 5.39. The Morgan fingerprint density at radius 2 is 2.15 bits per heavy atom. The van der Waals surface area contributed by atoms with E-state index in [2.05, 4.69) is 9.88 Å². The monoisotopic (exact) mass is 319 g/mol. The molecule has 2 rings (SSSR count). The number of aryl methyl sites for hydroxylation is 1. The van der Waals surface area contributed by atoms with Crippen LogP contribution in [0.15, 0.2) is 27.6 Å². The molecule has 9 heteroatoms. The first kappa shape index (κ1) is 14.8. The fourth-order valence-electron chi connectivity index (χ4n) is 1.52. The van der Waals surface area contributed by atoms with Crippen molar-refractivity contribution >= 4 is 27.3 Å². The van der Waals surface area contributed by atoms with Gasteiger partial charge in [-0.2, -0.15) is 0 Å². The van der Waals surface area contributed by atoms with E-state index in [4.69, 9.17) is 21.9 Å². The number of sulfonamides is 1. The lowest BCUT2D eigenvalue weighted by atomic mass is 10.3. The predicted octanol–water partition coefficient (Wildman–Crippen LogP) is 1.84. The number of anilines is 1. The van der Waals surface area contributed by atoms with E-state index in [0.29, 0.717) is 11.5 Å². The molecular formula is C11H11ClFN3O3S. The van der Waals surface area contributed by atoms with Crippen LogP contribution < -0.4 is 10.5 Å². The number of halogens is 2. The summed E-state index contributed by atoms with van der Waals surface area (Å²) in [5.41, 5.74) is 6.12. The summed E-state index contributed by atoms with van der Waals surface area (Å²) in [5, 5.41) is 3.25. The second-order valence-corrected chi connectivity index (χ2v) is 6.22. The number of hydrogen-bond donors (Lipinski definition) is 2. The molecule has 0 amide bonds. The third kappa shape index (κ3) is 3.09. The topological polar surface area (TPSA) is 98.2 Å². The van der Waals surface area contributed by atoms with E-state index < -0.39 is 20.7 Å². The molecule has 1 aromatic carbocycles. The van der Waals surface area contributed by atoms with Crippen molar-refractivity contribution in [2.24, 2.45) is 0 Å². The molecule has 0 spiro atoms. The highest BCUT2D eigenvalue weighted by atomic mass is 35.5. The molecule has 0 saturated heterocycles. The molecule has 0 atom stereocenters. The number of aromatic nitrogens is 1. The van der Waals surface area contributed by atoms with Gasteiger partial charge in [0.15, 0.2) is 11.6 Å². The van der Waals surface area contributed by atoms with E-state index in [1.807, 2.05) is 0 Å². The normalized spacial score (nSPS) is 11.8. The highest BCUT2D eigenvalue weighted by Crippen LogP contribution is 2.25. The van der Waals surface area contributed by atoms with E-state index in [1.165, 1.54) is 0 Å². The van der Waals surface area contributed by atoms with Gasteiger partial charge in [-0.1, -0.05) is 16.8 Å². The van der Waals surface area contributed by atoms with Crippen molar-refractivity contribution in [2.75, 3.05) is 5.73 Å². The number of nitrogens with two attached hydrogens (primary N) is 1. The van der Waals surface area contributed by atoms with Crippen LogP contribution in [0.25, 0.3) is 0 Å². The Labute approximate surface area is 119 Å². The Kier molecular flexibility index (Phi) is 3.98. The van der Waals surface area contributed by atoms with Crippen molar-refractivity contribution in [3.63, 3.8) is 0 Å². The molecule has 0 saturated carbocycles. The maximum atomic E-state index is 13.8. The minimum atomic E-state index is -4.10. The molecule has 3 N–H and O–H groups in total. The number of nitrogens with one attached hydrogen (secondary N) is 1. The molecule has 0 radical (unpaired) electrons. The Morgan fingerprint density at radius 3 is 2.75 bits per heavy atom. The molecule has 0 unspecified atom stereocenters. The van der Waals surface area contributed by atoms with E-state index >= 15 is 0 Å². The summed E-state index contributed by atoms with van der Waals surface area (Å²) >= 11 is 5.57. The molecule has 2 aromatic rings. The molecule has 1 aromatic heterocycles. The largest absolute Gasteiger partial charge is 0.399 e. The van der Waals surface area contributed by atoms with Gasteiger partial charge in [0.1, 0.15) is 4.90 Å². The van der Waals surface area contributed by atoms with Crippen LogP contribution in [0, 0.1) is 12.7 Å². The molecule has 0 bridgehead atoms. The highest BCUT2D eigenvalue weighted by Gasteiger charge is 2.22. The van der Waals surface area contributed by atoms with Crippen LogP contribution in [0.1, 0.15) is 11.5 Å². The molecule has 0 aliphatic rings. The zero-order chi connectivity index (χ0) is 14.9. The average molecular weight is 320 g/mol. The molecule has 108 valence electrons. The van der Waals surface area contributed by atoms with Gasteiger partial charge in [0, 0.05) is 11.8 Å². The maximum Gasteiger partial charge on any atom is 0.244 e. The Balaban J connectivity index is 2.27. The summed E-state index contributed by atoms with van der Waals surface area (Å²) in [6.07, 6.45) is 0. The number of nitrogens with zero attached hydrogens (tertiary/aromatic N) is 1. The van der Waals surface area contributed by atoms with Crippen LogP contribution in [0.5, 0.6) is 0 Å². The predicted molar refractivity (Wildman–Crippen MR) is 71.1 cm³/mol. The van der Waals surface area contributed by atoms with Gasteiger partial charge in [-0.15, -0.1) is 0 Å². The van der Waals surface area contributed by atoms with E-state index in [0.717, 1.165) is 12.1 Å². The van der Waals surface area contributed by atoms with Crippen molar-refractivity contribution in [1.29, 1.82) is 0 Å². The molecule has 6 nitrogen and oxygen atoms in total. The minimum absolute atomic E-state index is 0.0484. The van der Waals surface area contributed by atoms with Gasteiger partial charge in [0.2, 0.25) is 10.0 Å². The standard InChI is InChI=1S/C11H11ClFN3O3S/c1-6-2-8(19-16-6)5-15-20(17,18)10-4-7(14)3-9(12)11(10)13/h2-4,15H,5,14H2,1H3. The Hall–Kier alpha value is -1.64. The summed E-state index contributed by atoms with van der Waals surface area (Å²) in [7, 11) is -4.10. The third-order valence-corrected chi connectivity index (χ3v) is 4.10. The summed E-state index contributed by atoms with van der Waals surface area (Å²) in [6.45, 7) is 1.54. The number of rotatable bonds is 4. The third-order valence-electron chi connectivity index (χ3n) is 2.42. The van der Waals surface area contributed by atoms with Gasteiger partial charge in [-0.3, -0.25) is 0 Å². The number of hydrogen-bond acceptors (Lipinski definition) is 5. The first-order valence-electron chi connectivity index (χ1n) is 5.46. The SMILES string of the molecule is Cc1cc(CNS(=O)(=O)c2cc(N)cc(Cl)c2F)on1. The van der Waals surface area contributed by atoms with E-state index in [1.54, 1.807) is 13.0 Å². The molecule has 20 heavy (non-hydrogen) atoms. The van der Waals surface area contributed by atoms with Crippen molar-refractivity contribution in [3.8, 4) is 0 Å². The van der Waals surface area contributed by atoms with Crippen molar-refractivity contribution in [2.45, 2.75) is 18.4 Å². The van der Waals surface area contributed by atoms with Gasteiger partial charge >= 0.3 is 0 Å². The maximum absolute atomic E-state index is 13.8. The van der Waals surface area contributed by atoms with Crippen molar-refractivity contribution < 1.29 is 17.3 Å². The van der Waals surface area contributed by atoms with Gasteiger partial charge in [-0.25, -0.2) is 17.5 Å². The van der Waals surface area contributed by atoms with Crippen molar-refractivity contribution in [1.82, 2.24) is 9.88 Å². The Morgan fingerprint density at radius 1 is 1.45 bits per heavy atom. The smallest absolute Gasteiger partial charge is 0.244 e. The van der Waals surface area contributed by atoms with Crippen LogP contribution in [0.2, 0.25) is 5.02 Å². The van der Waals surface area contributed by atoms with Gasteiger partial charge in [0.25, 0.3) is 0 Å². The fourth-order valence-corrected chi connectivity index (χ4v) is 2.93. The van der Waals surface area contributed by atoms with Crippen LogP contribution in [-0.4, -0.2) is 13.6 Å². The van der Waals surface area contributed by atoms with Crippen LogP contribution >= 0.6 is 11.6 Å². The first-order valence-corrected chi connectivity index (χ1v) is 7.32. The zero-order valence-corrected chi connectivity index (χ0v) is 11.9. The lowest BCUT2D eigenvalue weighted by molar-refractivity contribution is 0.377. The molecular weight excluding hydrogens is 309 g/mol. The summed E-state index contributed by atoms with van der Waals surface area (Å²) in [4.78, 5) is -0.612. The van der Waals surface area contributed by atoms with E-state index in [-0.39, 0.29) is 17.3 Å². The van der Waals surface area contributed by atoms with Crippen molar-refractivity contribution in [3.05, 3.63) is 40.5 Å². The fraction of sp³-hybridized carbons (Fsp3) is 0.182. The van der Waals surface area contributed by atoms with Gasteiger partial charge in [0.05, 0.1) is 17.3 Å². The first-order chi connectivity index (χ1) is 9.29. The quantitative estimate of drug-likeness (QED) is 0.838. The van der Waals surface area contributed by atoms with Gasteiger partial charge in [-0.05, 0) is 19.1 Å². The molecule has 0 aliphatic heterocycles. The Bertz CT molecular complexity index is 745. The van der Waals surface area contributed by atoms with E-state index in [9.17, 15) is 12.8 Å². The minimum Gasteiger partial charge on any atom is -0.399 e. The molecule has 1 heterocycles.